The maximum atomic E-state index is 2.27. The summed E-state index contributed by atoms with van der Waals surface area (Å²) >= 11 is -1.63. The Kier molecular flexibility index (Phi) is 3.80. The first-order valence-corrected chi connectivity index (χ1v) is 9.63. The molecule has 0 saturated carbocycles. The summed E-state index contributed by atoms with van der Waals surface area (Å²) in [5.41, 5.74) is 0. The third-order valence-electron chi connectivity index (χ3n) is 3.19. The van der Waals surface area contributed by atoms with E-state index in [1.165, 1.54) is 13.2 Å². The Morgan fingerprint density at radius 1 is 0.421 bits per heavy atom. The molecule has 0 saturated heterocycles. The van der Waals surface area contributed by atoms with E-state index in [-0.39, 0.29) is 1.43 Å². The van der Waals surface area contributed by atoms with Crippen molar-refractivity contribution < 1.29 is 1.43 Å². The van der Waals surface area contributed by atoms with Crippen LogP contribution in [0.4, 0.5) is 0 Å². The molecule has 3 aromatic carbocycles. The summed E-state index contributed by atoms with van der Waals surface area (Å²) in [5, 5.41) is 0. The Balaban J connectivity index is 0.00000147. The summed E-state index contributed by atoms with van der Waals surface area (Å²) in [4.78, 5) is 0. The molecule has 0 nitrogen and oxygen atoms in total. The van der Waals surface area contributed by atoms with Gasteiger partial charge in [0.1, 0.15) is 0 Å². The van der Waals surface area contributed by atoms with Crippen molar-refractivity contribution in [3.8, 4) is 0 Å². The van der Waals surface area contributed by atoms with Crippen LogP contribution in [-0.4, -0.2) is 14.3 Å². The van der Waals surface area contributed by atoms with Crippen LogP contribution in [0.25, 0.3) is 0 Å². The summed E-state index contributed by atoms with van der Waals surface area (Å²) in [6.45, 7) is 0. The van der Waals surface area contributed by atoms with Crippen LogP contribution < -0.4 is 13.2 Å². The first-order valence-electron chi connectivity index (χ1n) is 6.48. The fraction of sp³-hybridized carbons (Fsp3) is 0. The first kappa shape index (κ1) is 12.2. The molecule has 1 radical (unpaired) electrons. The van der Waals surface area contributed by atoms with E-state index in [1.807, 2.05) is 0 Å². The molecule has 0 aliphatic rings. The summed E-state index contributed by atoms with van der Waals surface area (Å²) in [5.74, 6) is 0. The van der Waals surface area contributed by atoms with E-state index in [2.05, 4.69) is 91.0 Å². The average Bonchev–Trinajstić information content (AvgIpc) is 2.51. The molecule has 0 bridgehead atoms. The monoisotopic (exact) mass is 306 g/mol. The van der Waals surface area contributed by atoms with E-state index in [4.69, 9.17) is 0 Å². The zero-order chi connectivity index (χ0) is 12.9. The molecule has 0 aromatic heterocycles. The molecular weight excluding hydrogens is 289 g/mol. The average molecular weight is 305 g/mol. The molecule has 0 fully saturated rings. The van der Waals surface area contributed by atoms with Crippen molar-refractivity contribution in [2.45, 2.75) is 0 Å². The van der Waals surface area contributed by atoms with E-state index in [0.717, 1.165) is 0 Å². The van der Waals surface area contributed by atoms with Gasteiger partial charge < -0.3 is 1.43 Å². The molecule has 3 rings (SSSR count). The van der Waals surface area contributed by atoms with E-state index >= 15 is 0 Å². The first-order chi connectivity index (χ1) is 9.45. The van der Waals surface area contributed by atoms with Crippen LogP contribution in [0.3, 0.4) is 0 Å². The molecule has 0 atom stereocenters. The summed E-state index contributed by atoms with van der Waals surface area (Å²) < 4.78 is 4.50. The van der Waals surface area contributed by atoms with Gasteiger partial charge in [-0.2, -0.15) is 0 Å². The van der Waals surface area contributed by atoms with Gasteiger partial charge >= 0.3 is 119 Å². The van der Waals surface area contributed by atoms with E-state index < -0.39 is 14.3 Å². The third kappa shape index (κ3) is 2.79. The SMILES string of the molecule is [H-].c1cc[c]([Ge]([c]2ccccc2)[c]2ccccc2)cc1. The molecule has 0 aliphatic heterocycles. The number of hydrogen-bond acceptors (Lipinski definition) is 0. The van der Waals surface area contributed by atoms with Crippen LogP contribution >= 0.6 is 0 Å². The van der Waals surface area contributed by atoms with Crippen molar-refractivity contribution in [1.29, 1.82) is 0 Å². The second-order valence-corrected chi connectivity index (χ2v) is 9.68. The van der Waals surface area contributed by atoms with Gasteiger partial charge in [-0.3, -0.25) is 0 Å². The molecule has 0 unspecified atom stereocenters. The van der Waals surface area contributed by atoms with Crippen molar-refractivity contribution >= 4 is 27.5 Å². The Bertz CT molecular complexity index is 529. The van der Waals surface area contributed by atoms with E-state index in [1.54, 1.807) is 0 Å². The molecule has 3 aromatic rings. The minimum absolute atomic E-state index is 0. The predicted molar refractivity (Wildman–Crippen MR) is 85.1 cm³/mol. The van der Waals surface area contributed by atoms with E-state index in [9.17, 15) is 0 Å². The Morgan fingerprint density at radius 2 is 0.684 bits per heavy atom. The van der Waals surface area contributed by atoms with Gasteiger partial charge in [-0.15, -0.1) is 0 Å². The van der Waals surface area contributed by atoms with Crippen molar-refractivity contribution in [2.75, 3.05) is 0 Å². The summed E-state index contributed by atoms with van der Waals surface area (Å²) in [6.07, 6.45) is 0. The third-order valence-corrected chi connectivity index (χ3v) is 8.92. The predicted octanol–water partition coefficient (Wildman–Crippen LogP) is 2.32. The molecule has 0 amide bonds. The van der Waals surface area contributed by atoms with Crippen LogP contribution in [0.2, 0.25) is 0 Å². The van der Waals surface area contributed by atoms with Crippen molar-refractivity contribution in [3.63, 3.8) is 0 Å². The van der Waals surface area contributed by atoms with Gasteiger partial charge in [0.2, 0.25) is 0 Å². The molecule has 1 heteroatoms. The molecule has 0 spiro atoms. The van der Waals surface area contributed by atoms with Crippen molar-refractivity contribution in [3.05, 3.63) is 91.0 Å². The quantitative estimate of drug-likeness (QED) is 0.652. The maximum absolute atomic E-state index is 2.27. The molecule has 93 valence electrons. The van der Waals surface area contributed by atoms with Gasteiger partial charge in [0.25, 0.3) is 0 Å². The Hall–Kier alpha value is -1.80. The zero-order valence-corrected chi connectivity index (χ0v) is 12.8. The number of rotatable bonds is 3. The van der Waals surface area contributed by atoms with Gasteiger partial charge in [-0.25, -0.2) is 0 Å². The van der Waals surface area contributed by atoms with Gasteiger partial charge in [-0.1, -0.05) is 0 Å². The second-order valence-electron chi connectivity index (χ2n) is 4.47. The minimum atomic E-state index is -1.63. The fourth-order valence-electron chi connectivity index (χ4n) is 2.31. The fourth-order valence-corrected chi connectivity index (χ4v) is 7.72. The van der Waals surface area contributed by atoms with Crippen molar-refractivity contribution in [2.24, 2.45) is 0 Å². The second kappa shape index (κ2) is 5.90. The molecule has 0 heterocycles. The Morgan fingerprint density at radius 3 is 0.947 bits per heavy atom. The molecule has 0 aliphatic carbocycles. The molecule has 0 N–H and O–H groups in total. The molecular formula is C18H16Ge-. The zero-order valence-electron chi connectivity index (χ0n) is 11.7. The van der Waals surface area contributed by atoms with Crippen LogP contribution in [0.15, 0.2) is 91.0 Å². The van der Waals surface area contributed by atoms with Crippen LogP contribution in [-0.2, 0) is 0 Å². The van der Waals surface area contributed by atoms with Gasteiger partial charge in [0.05, 0.1) is 0 Å². The summed E-state index contributed by atoms with van der Waals surface area (Å²) in [7, 11) is 0. The van der Waals surface area contributed by atoms with E-state index in [0.29, 0.717) is 0 Å². The van der Waals surface area contributed by atoms with Gasteiger partial charge in [0.15, 0.2) is 0 Å². The van der Waals surface area contributed by atoms with Crippen LogP contribution in [0.5, 0.6) is 0 Å². The normalized spacial score (nSPS) is 10.6. The molecule has 19 heavy (non-hydrogen) atoms. The standard InChI is InChI=1S/C18H15Ge.H/c1-4-10-16(11-5-1)19(17-12-6-2-7-13-17)18-14-8-3-9-15-18;/h1-15H;/q;-1. The van der Waals surface area contributed by atoms with Crippen molar-refractivity contribution in [1.82, 2.24) is 0 Å². The van der Waals surface area contributed by atoms with Crippen LogP contribution in [0.1, 0.15) is 1.43 Å². The summed E-state index contributed by atoms with van der Waals surface area (Å²) in [6, 6.07) is 32.8. The Labute approximate surface area is 120 Å². The topological polar surface area (TPSA) is 0 Å². The number of benzene rings is 3. The van der Waals surface area contributed by atoms with Gasteiger partial charge in [0, 0.05) is 0 Å². The van der Waals surface area contributed by atoms with Crippen LogP contribution in [0, 0.1) is 0 Å². The van der Waals surface area contributed by atoms with Gasteiger partial charge in [-0.05, 0) is 0 Å². The number of hydrogen-bond donors (Lipinski definition) is 0.